The zero-order chi connectivity index (χ0) is 15.6. The zero-order valence-electron chi connectivity index (χ0n) is 11.3. The Balaban J connectivity index is 1.97. The van der Waals surface area contributed by atoms with E-state index in [1.54, 1.807) is 0 Å². The molecule has 5 nitrogen and oxygen atoms in total. The first-order chi connectivity index (χ1) is 9.79. The Morgan fingerprint density at radius 1 is 1.57 bits per heavy atom. The van der Waals surface area contributed by atoms with E-state index in [9.17, 15) is 18.0 Å². The van der Waals surface area contributed by atoms with Crippen LogP contribution in [0.5, 0.6) is 0 Å². The number of halogens is 4. The fraction of sp³-hybridized carbons (Fsp3) is 0.667. The van der Waals surface area contributed by atoms with Gasteiger partial charge in [0, 0.05) is 13.2 Å². The minimum atomic E-state index is -4.55. The molecule has 118 valence electrons. The molecule has 1 aliphatic heterocycles. The van der Waals surface area contributed by atoms with E-state index in [2.05, 4.69) is 26.3 Å². The summed E-state index contributed by atoms with van der Waals surface area (Å²) in [4.78, 5) is 11.8. The molecule has 0 saturated carbocycles. The van der Waals surface area contributed by atoms with E-state index in [-0.39, 0.29) is 22.8 Å². The highest BCUT2D eigenvalue weighted by atomic mass is 79.9. The van der Waals surface area contributed by atoms with Gasteiger partial charge in [0.15, 0.2) is 5.69 Å². The van der Waals surface area contributed by atoms with Crippen LogP contribution in [0.15, 0.2) is 4.47 Å². The lowest BCUT2D eigenvalue weighted by atomic mass is 10.2. The van der Waals surface area contributed by atoms with Gasteiger partial charge in [0.25, 0.3) is 0 Å². The SMILES string of the molecule is Cc1c(Br)c(C(F)(F)F)nn1CC(=O)NC[C@H]1CCCO1. The van der Waals surface area contributed by atoms with Crippen LogP contribution in [0.1, 0.15) is 24.2 Å². The van der Waals surface area contributed by atoms with Crippen molar-refractivity contribution >= 4 is 21.8 Å². The first-order valence-electron chi connectivity index (χ1n) is 6.47. The summed E-state index contributed by atoms with van der Waals surface area (Å²) in [6.07, 6.45) is -2.72. The van der Waals surface area contributed by atoms with Crippen molar-refractivity contribution in [1.82, 2.24) is 15.1 Å². The molecular weight excluding hydrogens is 355 g/mol. The van der Waals surface area contributed by atoms with E-state index in [1.807, 2.05) is 0 Å². The number of nitrogens with one attached hydrogen (secondary N) is 1. The molecule has 1 aromatic rings. The monoisotopic (exact) mass is 369 g/mol. The molecule has 9 heteroatoms. The summed E-state index contributed by atoms with van der Waals surface area (Å²) in [5, 5.41) is 6.10. The van der Waals surface area contributed by atoms with Gasteiger partial charge in [0.1, 0.15) is 6.54 Å². The van der Waals surface area contributed by atoms with Crippen molar-refractivity contribution in [3.8, 4) is 0 Å². The number of hydrogen-bond donors (Lipinski definition) is 1. The standard InChI is InChI=1S/C12H15BrF3N3O2/c1-7-10(13)11(12(14,15)16)18-19(7)6-9(20)17-5-8-3-2-4-21-8/h8H,2-6H2,1H3,(H,17,20)/t8-/m1/s1. The highest BCUT2D eigenvalue weighted by molar-refractivity contribution is 9.10. The van der Waals surface area contributed by atoms with Crippen molar-refractivity contribution in [2.75, 3.05) is 13.2 Å². The van der Waals surface area contributed by atoms with Crippen LogP contribution in [0.25, 0.3) is 0 Å². The Kier molecular flexibility index (Phi) is 4.92. The van der Waals surface area contributed by atoms with Crippen molar-refractivity contribution in [2.45, 2.75) is 38.6 Å². The third-order valence-corrected chi connectivity index (χ3v) is 4.20. The van der Waals surface area contributed by atoms with Crippen LogP contribution in [0.2, 0.25) is 0 Å². The third-order valence-electron chi connectivity index (χ3n) is 3.25. The molecule has 0 radical (unpaired) electrons. The summed E-state index contributed by atoms with van der Waals surface area (Å²) < 4.78 is 44.4. The minimum Gasteiger partial charge on any atom is -0.376 e. The normalized spacial score (nSPS) is 19.0. The summed E-state index contributed by atoms with van der Waals surface area (Å²) >= 11 is 2.86. The Morgan fingerprint density at radius 3 is 2.81 bits per heavy atom. The van der Waals surface area contributed by atoms with Crippen LogP contribution in [0, 0.1) is 6.92 Å². The Bertz CT molecular complexity index is 525. The van der Waals surface area contributed by atoms with Gasteiger partial charge in [0.2, 0.25) is 5.91 Å². The lowest BCUT2D eigenvalue weighted by Crippen LogP contribution is -2.34. The molecule has 1 amide bonds. The van der Waals surface area contributed by atoms with Gasteiger partial charge in [-0.3, -0.25) is 9.48 Å². The molecule has 0 aromatic carbocycles. The molecule has 1 aliphatic rings. The van der Waals surface area contributed by atoms with E-state index in [0.29, 0.717) is 13.2 Å². The molecule has 1 atom stereocenters. The van der Waals surface area contributed by atoms with Crippen molar-refractivity contribution in [2.24, 2.45) is 0 Å². The van der Waals surface area contributed by atoms with Gasteiger partial charge in [-0.1, -0.05) is 0 Å². The average Bonchev–Trinajstić information content (AvgIpc) is 2.99. The number of aromatic nitrogens is 2. The van der Waals surface area contributed by atoms with Gasteiger partial charge in [-0.15, -0.1) is 0 Å². The van der Waals surface area contributed by atoms with Crippen LogP contribution < -0.4 is 5.32 Å². The molecule has 2 rings (SSSR count). The van der Waals surface area contributed by atoms with Crippen LogP contribution in [-0.4, -0.2) is 34.9 Å². The summed E-state index contributed by atoms with van der Waals surface area (Å²) in [7, 11) is 0. The summed E-state index contributed by atoms with van der Waals surface area (Å²) in [5.74, 6) is -0.391. The maximum absolute atomic E-state index is 12.7. The molecule has 0 aliphatic carbocycles. The number of hydrogen-bond acceptors (Lipinski definition) is 3. The Morgan fingerprint density at radius 2 is 2.29 bits per heavy atom. The summed E-state index contributed by atoms with van der Waals surface area (Å²) in [6.45, 7) is 2.26. The molecule has 0 unspecified atom stereocenters. The van der Waals surface area contributed by atoms with Gasteiger partial charge in [0.05, 0.1) is 16.3 Å². The number of carbonyl (C=O) groups excluding carboxylic acids is 1. The van der Waals surface area contributed by atoms with Crippen molar-refractivity contribution in [3.63, 3.8) is 0 Å². The Labute approximate surface area is 128 Å². The van der Waals surface area contributed by atoms with Crippen LogP contribution in [0.3, 0.4) is 0 Å². The summed E-state index contributed by atoms with van der Waals surface area (Å²) in [5.41, 5.74) is -0.762. The van der Waals surface area contributed by atoms with Gasteiger partial charge in [-0.2, -0.15) is 18.3 Å². The second-order valence-corrected chi connectivity index (χ2v) is 5.64. The molecule has 1 fully saturated rings. The lowest BCUT2D eigenvalue weighted by molar-refractivity contribution is -0.142. The number of carbonyl (C=O) groups is 1. The van der Waals surface area contributed by atoms with Crippen LogP contribution in [-0.2, 0) is 22.3 Å². The van der Waals surface area contributed by atoms with Crippen molar-refractivity contribution in [3.05, 3.63) is 15.9 Å². The van der Waals surface area contributed by atoms with Gasteiger partial charge in [-0.05, 0) is 35.7 Å². The average molecular weight is 370 g/mol. The quantitative estimate of drug-likeness (QED) is 0.885. The van der Waals surface area contributed by atoms with Crippen LogP contribution >= 0.6 is 15.9 Å². The fourth-order valence-corrected chi connectivity index (χ4v) is 2.59. The fourth-order valence-electron chi connectivity index (χ4n) is 2.08. The van der Waals surface area contributed by atoms with Crippen molar-refractivity contribution in [1.29, 1.82) is 0 Å². The maximum atomic E-state index is 12.7. The first kappa shape index (κ1) is 16.3. The predicted octanol–water partition coefficient (Wildman–Crippen LogP) is 2.27. The number of alkyl halides is 3. The molecule has 2 heterocycles. The molecule has 0 bridgehead atoms. The minimum absolute atomic E-state index is 0.00913. The van der Waals surface area contributed by atoms with E-state index in [0.717, 1.165) is 17.5 Å². The highest BCUT2D eigenvalue weighted by Crippen LogP contribution is 2.35. The van der Waals surface area contributed by atoms with E-state index >= 15 is 0 Å². The molecule has 0 spiro atoms. The topological polar surface area (TPSA) is 56.2 Å². The van der Waals surface area contributed by atoms with Crippen molar-refractivity contribution < 1.29 is 22.7 Å². The maximum Gasteiger partial charge on any atom is 0.436 e. The Hall–Kier alpha value is -1.09. The van der Waals surface area contributed by atoms with Gasteiger partial charge in [-0.25, -0.2) is 0 Å². The second kappa shape index (κ2) is 6.35. The summed E-state index contributed by atoms with van der Waals surface area (Å²) in [6, 6.07) is 0. The molecular formula is C12H15BrF3N3O2. The largest absolute Gasteiger partial charge is 0.436 e. The number of rotatable bonds is 4. The highest BCUT2D eigenvalue weighted by Gasteiger charge is 2.38. The zero-order valence-corrected chi connectivity index (χ0v) is 12.9. The second-order valence-electron chi connectivity index (χ2n) is 4.84. The molecule has 1 N–H and O–H groups in total. The number of nitrogens with zero attached hydrogens (tertiary/aromatic N) is 2. The predicted molar refractivity (Wildman–Crippen MR) is 71.6 cm³/mol. The smallest absolute Gasteiger partial charge is 0.376 e. The molecule has 1 saturated heterocycles. The van der Waals surface area contributed by atoms with Gasteiger partial charge < -0.3 is 10.1 Å². The lowest BCUT2D eigenvalue weighted by Gasteiger charge is -2.11. The molecule has 1 aromatic heterocycles. The molecule has 21 heavy (non-hydrogen) atoms. The van der Waals surface area contributed by atoms with E-state index in [4.69, 9.17) is 4.74 Å². The van der Waals surface area contributed by atoms with Gasteiger partial charge >= 0.3 is 6.18 Å². The van der Waals surface area contributed by atoms with E-state index in [1.165, 1.54) is 6.92 Å². The number of amides is 1. The van der Waals surface area contributed by atoms with E-state index < -0.39 is 17.8 Å². The van der Waals surface area contributed by atoms with Crippen LogP contribution in [0.4, 0.5) is 13.2 Å². The first-order valence-corrected chi connectivity index (χ1v) is 7.26. The number of ether oxygens (including phenoxy) is 1. The third kappa shape index (κ3) is 3.97.